The number of fused-ring (bicyclic) bond motifs is 1. The highest BCUT2D eigenvalue weighted by Crippen LogP contribution is 2.41. The first kappa shape index (κ1) is 22.4. The first-order valence-corrected chi connectivity index (χ1v) is 9.50. The summed E-state index contributed by atoms with van der Waals surface area (Å²) >= 11 is 0. The van der Waals surface area contributed by atoms with E-state index in [4.69, 9.17) is 9.47 Å². The van der Waals surface area contributed by atoms with Gasteiger partial charge >= 0.3 is 0 Å². The van der Waals surface area contributed by atoms with Gasteiger partial charge in [-0.3, -0.25) is 0 Å². The molecule has 0 bridgehead atoms. The predicted octanol–water partition coefficient (Wildman–Crippen LogP) is 1.42. The van der Waals surface area contributed by atoms with Crippen LogP contribution in [0, 0.1) is 0 Å². The van der Waals surface area contributed by atoms with Gasteiger partial charge in [-0.25, -0.2) is 0 Å². The fraction of sp³-hybridized carbons (Fsp3) is 0.261. The van der Waals surface area contributed by atoms with Crippen molar-refractivity contribution < 1.29 is 39.8 Å². The largest absolute Gasteiger partial charge is 0.507 e. The zero-order chi connectivity index (χ0) is 22.7. The average molecular weight is 428 g/mol. The summed E-state index contributed by atoms with van der Waals surface area (Å²) in [5.41, 5.74) is 3.59. The molecule has 2 aromatic rings. The van der Waals surface area contributed by atoms with Crippen molar-refractivity contribution in [1.82, 2.24) is 0 Å². The minimum Gasteiger partial charge on any atom is -0.507 e. The normalized spacial score (nSPS) is 16.0. The van der Waals surface area contributed by atoms with Crippen molar-refractivity contribution >= 4 is 17.4 Å². The SMILES string of the molecule is C=C1C=C(c2ccc(O)c(OC)c2)Cc2cc(OC[C@@H](O)[C@@H](O)[C@H](O)C=O)cc(O)c21. The number of carbonyl (C=O) groups excluding carboxylic acids is 1. The number of ether oxygens (including phenoxy) is 2. The van der Waals surface area contributed by atoms with Crippen LogP contribution >= 0.6 is 0 Å². The van der Waals surface area contributed by atoms with Gasteiger partial charge in [-0.2, -0.15) is 0 Å². The molecule has 3 rings (SSSR count). The molecule has 1 aliphatic rings. The molecule has 3 atom stereocenters. The number of methoxy groups -OCH3 is 1. The maximum absolute atomic E-state index is 10.5. The third kappa shape index (κ3) is 4.72. The number of hydrogen-bond acceptors (Lipinski definition) is 8. The van der Waals surface area contributed by atoms with Gasteiger partial charge in [0.25, 0.3) is 0 Å². The molecule has 0 radical (unpaired) electrons. The Bertz CT molecular complexity index is 1030. The Kier molecular flexibility index (Phi) is 6.65. The number of hydrogen-bond donors (Lipinski definition) is 5. The van der Waals surface area contributed by atoms with Crippen molar-refractivity contribution in [2.75, 3.05) is 13.7 Å². The molecule has 0 fully saturated rings. The number of rotatable bonds is 8. The number of phenols is 2. The van der Waals surface area contributed by atoms with E-state index in [1.165, 1.54) is 19.2 Å². The fourth-order valence-corrected chi connectivity index (χ4v) is 3.44. The monoisotopic (exact) mass is 428 g/mol. The smallest absolute Gasteiger partial charge is 0.161 e. The Hall–Kier alpha value is -3.33. The molecule has 0 saturated heterocycles. The highest BCUT2D eigenvalue weighted by atomic mass is 16.5. The third-order valence-electron chi connectivity index (χ3n) is 5.08. The minimum atomic E-state index is -1.73. The van der Waals surface area contributed by atoms with Gasteiger partial charge < -0.3 is 39.8 Å². The molecule has 5 N–H and O–H groups in total. The number of aromatic hydroxyl groups is 2. The summed E-state index contributed by atoms with van der Waals surface area (Å²) in [7, 11) is 1.46. The molecule has 0 aromatic heterocycles. The van der Waals surface area contributed by atoms with Crippen LogP contribution in [-0.4, -0.2) is 63.8 Å². The highest BCUT2D eigenvalue weighted by Gasteiger charge is 2.25. The number of aliphatic hydroxyl groups is 3. The minimum absolute atomic E-state index is 0.0238. The van der Waals surface area contributed by atoms with Gasteiger partial charge in [0.2, 0.25) is 0 Å². The maximum atomic E-state index is 10.5. The molecule has 0 unspecified atom stereocenters. The van der Waals surface area contributed by atoms with Crippen molar-refractivity contribution in [1.29, 1.82) is 0 Å². The Labute approximate surface area is 178 Å². The van der Waals surface area contributed by atoms with Crippen LogP contribution < -0.4 is 9.47 Å². The Balaban J connectivity index is 1.83. The van der Waals surface area contributed by atoms with Crippen molar-refractivity contribution in [3.05, 3.63) is 59.7 Å². The quantitative estimate of drug-likeness (QED) is 0.398. The van der Waals surface area contributed by atoms with Gasteiger partial charge in [0.1, 0.15) is 36.4 Å². The summed E-state index contributed by atoms with van der Waals surface area (Å²) in [6.07, 6.45) is -2.53. The van der Waals surface area contributed by atoms with Gasteiger partial charge in [0.15, 0.2) is 17.8 Å². The first-order valence-electron chi connectivity index (χ1n) is 9.50. The van der Waals surface area contributed by atoms with Crippen molar-refractivity contribution in [2.45, 2.75) is 24.7 Å². The molecule has 0 saturated carbocycles. The van der Waals surface area contributed by atoms with Gasteiger partial charge in [0, 0.05) is 11.6 Å². The molecule has 0 heterocycles. The van der Waals surface area contributed by atoms with Crippen molar-refractivity contribution in [2.24, 2.45) is 0 Å². The van der Waals surface area contributed by atoms with E-state index in [1.807, 2.05) is 6.08 Å². The number of carbonyl (C=O) groups is 1. The van der Waals surface area contributed by atoms with E-state index < -0.39 is 24.9 Å². The van der Waals surface area contributed by atoms with Gasteiger partial charge in [-0.15, -0.1) is 0 Å². The molecule has 0 aliphatic heterocycles. The zero-order valence-corrected chi connectivity index (χ0v) is 16.9. The molecule has 8 heteroatoms. The summed E-state index contributed by atoms with van der Waals surface area (Å²) < 4.78 is 10.6. The lowest BCUT2D eigenvalue weighted by molar-refractivity contribution is -0.127. The van der Waals surface area contributed by atoms with Crippen LogP contribution in [0.15, 0.2) is 43.0 Å². The first-order chi connectivity index (χ1) is 14.7. The summed E-state index contributed by atoms with van der Waals surface area (Å²) in [4.78, 5) is 10.5. The molecule has 2 aromatic carbocycles. The molecule has 0 spiro atoms. The van der Waals surface area contributed by atoms with Crippen LogP contribution in [0.1, 0.15) is 16.7 Å². The number of aldehydes is 1. The maximum Gasteiger partial charge on any atom is 0.161 e. The van der Waals surface area contributed by atoms with Crippen molar-refractivity contribution in [3.63, 3.8) is 0 Å². The molecule has 1 aliphatic carbocycles. The van der Waals surface area contributed by atoms with E-state index >= 15 is 0 Å². The van der Waals surface area contributed by atoms with Crippen LogP contribution in [0.25, 0.3) is 11.1 Å². The molecular formula is C23H24O8. The van der Waals surface area contributed by atoms with Crippen LogP contribution in [0.2, 0.25) is 0 Å². The Morgan fingerprint density at radius 1 is 1.13 bits per heavy atom. The lowest BCUT2D eigenvalue weighted by Gasteiger charge is -2.23. The number of aliphatic hydroxyl groups excluding tert-OH is 3. The fourth-order valence-electron chi connectivity index (χ4n) is 3.44. The topological polar surface area (TPSA) is 137 Å². The standard InChI is InChI=1S/C23H24O8/c1-12-5-14(13-3-4-17(25)21(8-13)30-2)6-15-7-16(9-18(26)22(12)15)31-11-20(28)23(29)19(27)10-24/h3-5,7-10,19-20,23,25-29H,1,6,11H2,2H3/t19-,20-,23+/m1/s1. The lowest BCUT2D eigenvalue weighted by Crippen LogP contribution is -2.41. The number of benzene rings is 2. The highest BCUT2D eigenvalue weighted by molar-refractivity contribution is 5.91. The van der Waals surface area contributed by atoms with E-state index in [9.17, 15) is 30.3 Å². The van der Waals surface area contributed by atoms with Crippen LogP contribution in [0.3, 0.4) is 0 Å². The van der Waals surface area contributed by atoms with Crippen LogP contribution in [-0.2, 0) is 11.2 Å². The van der Waals surface area contributed by atoms with E-state index in [0.29, 0.717) is 23.3 Å². The summed E-state index contributed by atoms with van der Waals surface area (Å²) in [6.45, 7) is 3.62. The van der Waals surface area contributed by atoms with Gasteiger partial charge in [-0.05, 0) is 46.9 Å². The van der Waals surface area contributed by atoms with E-state index in [2.05, 4.69) is 6.58 Å². The zero-order valence-electron chi connectivity index (χ0n) is 16.9. The third-order valence-corrected chi connectivity index (χ3v) is 5.08. The van der Waals surface area contributed by atoms with Gasteiger partial charge in [0.05, 0.1) is 7.11 Å². The molecule has 0 amide bonds. The van der Waals surface area contributed by atoms with Crippen LogP contribution in [0.5, 0.6) is 23.0 Å². The molecular weight excluding hydrogens is 404 g/mol. The second-order valence-electron chi connectivity index (χ2n) is 7.23. The molecule has 164 valence electrons. The Morgan fingerprint density at radius 3 is 2.55 bits per heavy atom. The summed E-state index contributed by atoms with van der Waals surface area (Å²) in [5.74, 6) is 0.537. The lowest BCUT2D eigenvalue weighted by atomic mass is 9.85. The molecule has 31 heavy (non-hydrogen) atoms. The van der Waals surface area contributed by atoms with Crippen LogP contribution in [0.4, 0.5) is 0 Å². The predicted molar refractivity (Wildman–Crippen MR) is 113 cm³/mol. The van der Waals surface area contributed by atoms with E-state index in [0.717, 1.165) is 16.7 Å². The summed E-state index contributed by atoms with van der Waals surface area (Å²) in [5, 5.41) is 49.1. The second kappa shape index (κ2) is 9.22. The second-order valence-corrected chi connectivity index (χ2v) is 7.23. The van der Waals surface area contributed by atoms with E-state index in [1.54, 1.807) is 18.2 Å². The van der Waals surface area contributed by atoms with Crippen molar-refractivity contribution in [3.8, 4) is 23.0 Å². The average Bonchev–Trinajstić information content (AvgIpc) is 2.76. The number of phenolic OH excluding ortho intramolecular Hbond substituents is 2. The Morgan fingerprint density at radius 2 is 1.87 bits per heavy atom. The summed E-state index contributed by atoms with van der Waals surface area (Å²) in [6, 6.07) is 8.03. The molecule has 8 nitrogen and oxygen atoms in total. The van der Waals surface area contributed by atoms with Gasteiger partial charge in [-0.1, -0.05) is 18.7 Å². The van der Waals surface area contributed by atoms with E-state index in [-0.39, 0.29) is 23.5 Å². The number of allylic oxidation sites excluding steroid dienone is 3.